The van der Waals surface area contributed by atoms with Gasteiger partial charge in [0.05, 0.1) is 11.4 Å². The van der Waals surface area contributed by atoms with Gasteiger partial charge in [-0.15, -0.1) is 0 Å². The molecule has 1 aromatic carbocycles. The average Bonchev–Trinajstić information content (AvgIpc) is 2.20. The highest BCUT2D eigenvalue weighted by atomic mass is 79.9. The molecule has 0 radical (unpaired) electrons. The molecule has 0 aliphatic rings. The normalized spacial score (nSPS) is 11.4. The topological polar surface area (TPSA) is 72.2 Å². The third kappa shape index (κ3) is 4.40. The zero-order valence-corrected chi connectivity index (χ0v) is 12.4. The molecule has 0 aromatic heterocycles. The number of nitrogens with one attached hydrogen (secondary N) is 1. The van der Waals surface area contributed by atoms with Crippen molar-refractivity contribution in [2.24, 2.45) is 5.73 Å². The number of hydrogen-bond acceptors (Lipinski definition) is 3. The Morgan fingerprint density at radius 3 is 2.62 bits per heavy atom. The smallest absolute Gasteiger partial charge is 0.232 e. The summed E-state index contributed by atoms with van der Waals surface area (Å²) < 4.78 is 27.3. The van der Waals surface area contributed by atoms with Crippen LogP contribution in [-0.4, -0.2) is 20.7 Å². The Morgan fingerprint density at radius 1 is 1.31 bits per heavy atom. The molecule has 0 aliphatic heterocycles. The summed E-state index contributed by atoms with van der Waals surface area (Å²) in [7, 11) is -3.32. The Labute approximate surface area is 112 Å². The van der Waals surface area contributed by atoms with Crippen molar-refractivity contribution in [1.29, 1.82) is 0 Å². The van der Waals surface area contributed by atoms with Crippen LogP contribution >= 0.6 is 31.9 Å². The fraction of sp³-hybridized carbons (Fsp3) is 0.333. The molecule has 1 aromatic rings. The summed E-state index contributed by atoms with van der Waals surface area (Å²) in [4.78, 5) is 0. The van der Waals surface area contributed by atoms with Gasteiger partial charge in [0.25, 0.3) is 0 Å². The van der Waals surface area contributed by atoms with E-state index in [1.807, 2.05) is 6.07 Å². The van der Waals surface area contributed by atoms with Crippen LogP contribution in [0.1, 0.15) is 6.42 Å². The molecular formula is C9H12Br2N2O2S. The van der Waals surface area contributed by atoms with Crippen LogP contribution in [0.5, 0.6) is 0 Å². The number of nitrogens with two attached hydrogens (primary N) is 1. The lowest BCUT2D eigenvalue weighted by Crippen LogP contribution is -2.19. The number of rotatable bonds is 5. The van der Waals surface area contributed by atoms with Gasteiger partial charge in [0.15, 0.2) is 0 Å². The lowest BCUT2D eigenvalue weighted by atomic mass is 10.3. The molecule has 0 bridgehead atoms. The van der Waals surface area contributed by atoms with E-state index in [1.165, 1.54) is 0 Å². The van der Waals surface area contributed by atoms with E-state index < -0.39 is 10.0 Å². The molecule has 0 spiro atoms. The van der Waals surface area contributed by atoms with Gasteiger partial charge in [0.1, 0.15) is 0 Å². The Morgan fingerprint density at radius 2 is 2.00 bits per heavy atom. The fourth-order valence-corrected chi connectivity index (χ4v) is 3.06. The summed E-state index contributed by atoms with van der Waals surface area (Å²) >= 11 is 6.56. The third-order valence-electron chi connectivity index (χ3n) is 1.81. The molecule has 0 atom stereocenters. The molecule has 0 saturated carbocycles. The standard InChI is InChI=1S/C9H12Br2N2O2S/c10-7-2-3-8(11)9(6-7)13-16(14,15)5-1-4-12/h2-3,6,13H,1,4-5,12H2. The van der Waals surface area contributed by atoms with Gasteiger partial charge in [-0.05, 0) is 47.1 Å². The summed E-state index contributed by atoms with van der Waals surface area (Å²) in [5.74, 6) is 0.0302. The zero-order chi connectivity index (χ0) is 12.2. The Bertz CT molecular complexity index is 463. The van der Waals surface area contributed by atoms with E-state index >= 15 is 0 Å². The molecule has 0 aliphatic carbocycles. The summed E-state index contributed by atoms with van der Waals surface area (Å²) in [6.45, 7) is 0.362. The first-order chi connectivity index (χ1) is 7.44. The van der Waals surface area contributed by atoms with Crippen LogP contribution in [0.4, 0.5) is 5.69 Å². The molecule has 1 rings (SSSR count). The van der Waals surface area contributed by atoms with E-state index in [0.717, 1.165) is 4.47 Å². The van der Waals surface area contributed by atoms with Crippen LogP contribution in [-0.2, 0) is 10.0 Å². The number of anilines is 1. The molecule has 3 N–H and O–H groups in total. The molecule has 0 saturated heterocycles. The first-order valence-corrected chi connectivity index (χ1v) is 7.84. The van der Waals surface area contributed by atoms with Crippen LogP contribution < -0.4 is 10.5 Å². The van der Waals surface area contributed by atoms with Gasteiger partial charge in [0.2, 0.25) is 10.0 Å². The molecule has 90 valence electrons. The van der Waals surface area contributed by atoms with Crippen molar-refractivity contribution in [2.45, 2.75) is 6.42 Å². The Kier molecular flexibility index (Phi) is 5.23. The van der Waals surface area contributed by atoms with Crippen LogP contribution in [0.3, 0.4) is 0 Å². The molecule has 0 amide bonds. The van der Waals surface area contributed by atoms with Gasteiger partial charge < -0.3 is 5.73 Å². The van der Waals surface area contributed by atoms with E-state index in [-0.39, 0.29) is 5.75 Å². The van der Waals surface area contributed by atoms with Gasteiger partial charge >= 0.3 is 0 Å². The molecule has 0 fully saturated rings. The predicted molar refractivity (Wildman–Crippen MR) is 72.9 cm³/mol. The molecular weight excluding hydrogens is 360 g/mol. The molecule has 16 heavy (non-hydrogen) atoms. The minimum absolute atomic E-state index is 0.0302. The maximum Gasteiger partial charge on any atom is 0.232 e. The average molecular weight is 372 g/mol. The monoisotopic (exact) mass is 370 g/mol. The van der Waals surface area contributed by atoms with Crippen molar-refractivity contribution < 1.29 is 8.42 Å². The highest BCUT2D eigenvalue weighted by Gasteiger charge is 2.11. The summed E-state index contributed by atoms with van der Waals surface area (Å²) in [6.07, 6.45) is 0.445. The highest BCUT2D eigenvalue weighted by molar-refractivity contribution is 9.11. The second-order valence-corrected chi connectivity index (χ2v) is 6.80. The lowest BCUT2D eigenvalue weighted by Gasteiger charge is -2.09. The molecule has 4 nitrogen and oxygen atoms in total. The molecule has 0 heterocycles. The molecule has 7 heteroatoms. The van der Waals surface area contributed by atoms with Crippen LogP contribution in [0.25, 0.3) is 0 Å². The largest absolute Gasteiger partial charge is 0.330 e. The minimum Gasteiger partial charge on any atom is -0.330 e. The number of hydrogen-bond donors (Lipinski definition) is 2. The van der Waals surface area contributed by atoms with E-state index in [4.69, 9.17) is 5.73 Å². The summed E-state index contributed by atoms with van der Waals surface area (Å²) in [5.41, 5.74) is 5.79. The van der Waals surface area contributed by atoms with Gasteiger partial charge in [0, 0.05) is 8.95 Å². The first kappa shape index (κ1) is 14.0. The molecule has 0 unspecified atom stereocenters. The van der Waals surface area contributed by atoms with Crippen molar-refractivity contribution >= 4 is 47.6 Å². The SMILES string of the molecule is NCCCS(=O)(=O)Nc1cc(Br)ccc1Br. The van der Waals surface area contributed by atoms with Gasteiger partial charge in [-0.1, -0.05) is 15.9 Å². The fourth-order valence-electron chi connectivity index (χ4n) is 1.07. The van der Waals surface area contributed by atoms with Crippen LogP contribution in [0.15, 0.2) is 27.1 Å². The van der Waals surface area contributed by atoms with Gasteiger partial charge in [-0.3, -0.25) is 4.72 Å². The maximum absolute atomic E-state index is 11.6. The number of sulfonamides is 1. The Balaban J connectivity index is 2.83. The van der Waals surface area contributed by atoms with Crippen LogP contribution in [0.2, 0.25) is 0 Å². The van der Waals surface area contributed by atoms with Crippen molar-refractivity contribution in [3.8, 4) is 0 Å². The number of halogens is 2. The first-order valence-electron chi connectivity index (χ1n) is 4.60. The van der Waals surface area contributed by atoms with Gasteiger partial charge in [-0.2, -0.15) is 0 Å². The van der Waals surface area contributed by atoms with E-state index in [0.29, 0.717) is 23.1 Å². The zero-order valence-electron chi connectivity index (χ0n) is 8.41. The third-order valence-corrected chi connectivity index (χ3v) is 4.35. The Hall–Kier alpha value is -0.110. The second-order valence-electron chi connectivity index (χ2n) is 3.19. The van der Waals surface area contributed by atoms with Crippen molar-refractivity contribution in [3.63, 3.8) is 0 Å². The van der Waals surface area contributed by atoms with Crippen LogP contribution in [0, 0.1) is 0 Å². The number of benzene rings is 1. The predicted octanol–water partition coefficient (Wildman–Crippen LogP) is 2.30. The van der Waals surface area contributed by atoms with E-state index in [1.54, 1.807) is 12.1 Å². The lowest BCUT2D eigenvalue weighted by molar-refractivity contribution is 0.598. The highest BCUT2D eigenvalue weighted by Crippen LogP contribution is 2.27. The summed E-state index contributed by atoms with van der Waals surface area (Å²) in [6, 6.07) is 5.29. The van der Waals surface area contributed by atoms with Crippen molar-refractivity contribution in [1.82, 2.24) is 0 Å². The van der Waals surface area contributed by atoms with Gasteiger partial charge in [-0.25, -0.2) is 8.42 Å². The van der Waals surface area contributed by atoms with E-state index in [2.05, 4.69) is 36.6 Å². The van der Waals surface area contributed by atoms with Crippen molar-refractivity contribution in [3.05, 3.63) is 27.1 Å². The van der Waals surface area contributed by atoms with E-state index in [9.17, 15) is 8.42 Å². The minimum atomic E-state index is -3.32. The summed E-state index contributed by atoms with van der Waals surface area (Å²) in [5, 5.41) is 0. The van der Waals surface area contributed by atoms with Crippen molar-refractivity contribution in [2.75, 3.05) is 17.0 Å². The quantitative estimate of drug-likeness (QED) is 0.834. The maximum atomic E-state index is 11.6. The second kappa shape index (κ2) is 6.00.